The summed E-state index contributed by atoms with van der Waals surface area (Å²) in [6, 6.07) is 4.17. The smallest absolute Gasteiger partial charge is 0.231 e. The molecule has 1 N–H and O–H groups in total. The highest BCUT2D eigenvalue weighted by molar-refractivity contribution is 9.10. The van der Waals surface area contributed by atoms with Gasteiger partial charge in [-0.3, -0.25) is 0 Å². The van der Waals surface area contributed by atoms with Crippen molar-refractivity contribution in [3.63, 3.8) is 0 Å². The number of benzene rings is 1. The maximum absolute atomic E-state index is 5.42. The highest BCUT2D eigenvalue weighted by Gasteiger charge is 2.26. The first-order valence-electron chi connectivity index (χ1n) is 5.22. The Labute approximate surface area is 107 Å². The van der Waals surface area contributed by atoms with Gasteiger partial charge < -0.3 is 14.8 Å². The Hall–Kier alpha value is -0.390. The lowest BCUT2D eigenvalue weighted by atomic mass is 10.2. The van der Waals surface area contributed by atoms with Crippen molar-refractivity contribution in [3.8, 4) is 11.5 Å². The number of halogens is 1. The molecule has 0 aliphatic carbocycles. The van der Waals surface area contributed by atoms with Crippen LogP contribution in [-0.4, -0.2) is 18.6 Å². The highest BCUT2D eigenvalue weighted by Crippen LogP contribution is 2.44. The van der Waals surface area contributed by atoms with E-state index < -0.39 is 0 Å². The zero-order valence-electron chi connectivity index (χ0n) is 8.83. The molecule has 0 spiro atoms. The summed E-state index contributed by atoms with van der Waals surface area (Å²) in [5, 5.41) is 4.51. The molecule has 3 rings (SSSR count). The minimum absolute atomic E-state index is 0.318. The van der Waals surface area contributed by atoms with Gasteiger partial charge in [-0.05, 0) is 33.6 Å². The summed E-state index contributed by atoms with van der Waals surface area (Å²) in [5.74, 6) is 1.66. The van der Waals surface area contributed by atoms with Crippen molar-refractivity contribution in [1.82, 2.24) is 5.32 Å². The van der Waals surface area contributed by atoms with Gasteiger partial charge in [0.05, 0.1) is 9.85 Å². The number of fused-ring (bicyclic) bond motifs is 1. The maximum Gasteiger partial charge on any atom is 0.231 e. The second-order valence-electron chi connectivity index (χ2n) is 3.97. The lowest BCUT2D eigenvalue weighted by Gasteiger charge is -2.11. The number of nitrogens with one attached hydrogen (secondary N) is 1. The fraction of sp³-hybridized carbons (Fsp3) is 0.455. The summed E-state index contributed by atoms with van der Waals surface area (Å²) in [6.07, 6.45) is 0. The van der Waals surface area contributed by atoms with Crippen LogP contribution in [0.4, 0.5) is 0 Å². The number of hydrogen-bond donors (Lipinski definition) is 1. The number of rotatable bonds is 1. The normalized spacial score (nSPS) is 27.4. The van der Waals surface area contributed by atoms with E-state index in [0.29, 0.717) is 17.4 Å². The summed E-state index contributed by atoms with van der Waals surface area (Å²) >= 11 is 5.46. The van der Waals surface area contributed by atoms with Crippen LogP contribution in [0, 0.1) is 0 Å². The van der Waals surface area contributed by atoms with Crippen LogP contribution in [0.25, 0.3) is 0 Å². The van der Waals surface area contributed by atoms with Crippen molar-refractivity contribution < 1.29 is 9.47 Å². The van der Waals surface area contributed by atoms with Crippen LogP contribution in [0.5, 0.6) is 11.5 Å². The fourth-order valence-corrected chi connectivity index (χ4v) is 3.65. The molecule has 0 aromatic heterocycles. The Bertz CT molecular complexity index is 427. The van der Waals surface area contributed by atoms with E-state index in [1.807, 2.05) is 11.8 Å². The molecule has 1 aromatic rings. The molecule has 2 heterocycles. The van der Waals surface area contributed by atoms with Crippen molar-refractivity contribution in [1.29, 1.82) is 0 Å². The van der Waals surface area contributed by atoms with E-state index in [0.717, 1.165) is 22.5 Å². The zero-order valence-corrected chi connectivity index (χ0v) is 11.2. The molecule has 1 fully saturated rings. The van der Waals surface area contributed by atoms with E-state index in [4.69, 9.17) is 9.47 Å². The average Bonchev–Trinajstić information content (AvgIpc) is 2.85. The summed E-state index contributed by atoms with van der Waals surface area (Å²) in [5.41, 5.74) is 1.24. The molecule has 2 aliphatic heterocycles. The van der Waals surface area contributed by atoms with Crippen LogP contribution in [0.1, 0.15) is 17.9 Å². The van der Waals surface area contributed by atoms with Gasteiger partial charge in [-0.25, -0.2) is 0 Å². The van der Waals surface area contributed by atoms with Gasteiger partial charge in [0.1, 0.15) is 0 Å². The summed E-state index contributed by atoms with van der Waals surface area (Å²) in [4.78, 5) is 0. The van der Waals surface area contributed by atoms with E-state index >= 15 is 0 Å². The Morgan fingerprint density at radius 3 is 3.06 bits per heavy atom. The zero-order chi connectivity index (χ0) is 11.1. The SMILES string of the molecule is CC1CNC(c2cc(Br)c3c(c2)OCO3)S1. The van der Waals surface area contributed by atoms with Gasteiger partial charge in [-0.15, -0.1) is 11.8 Å². The summed E-state index contributed by atoms with van der Waals surface area (Å²) in [6.45, 7) is 3.61. The van der Waals surface area contributed by atoms with Gasteiger partial charge in [0, 0.05) is 11.8 Å². The van der Waals surface area contributed by atoms with Crippen LogP contribution in [0.3, 0.4) is 0 Å². The van der Waals surface area contributed by atoms with Crippen molar-refractivity contribution in [3.05, 3.63) is 22.2 Å². The molecule has 5 heteroatoms. The molecule has 2 unspecified atom stereocenters. The summed E-state index contributed by atoms with van der Waals surface area (Å²) < 4.78 is 11.8. The minimum atomic E-state index is 0.318. The lowest BCUT2D eigenvalue weighted by Crippen LogP contribution is -2.13. The molecule has 2 aliphatic rings. The predicted octanol–water partition coefficient (Wildman–Crippen LogP) is 2.90. The first-order valence-corrected chi connectivity index (χ1v) is 6.95. The monoisotopic (exact) mass is 301 g/mol. The third-order valence-corrected chi connectivity index (χ3v) is 4.64. The van der Waals surface area contributed by atoms with E-state index in [-0.39, 0.29) is 0 Å². The van der Waals surface area contributed by atoms with Crippen LogP contribution in [-0.2, 0) is 0 Å². The van der Waals surface area contributed by atoms with Gasteiger partial charge in [-0.1, -0.05) is 6.92 Å². The van der Waals surface area contributed by atoms with Crippen LogP contribution in [0.15, 0.2) is 16.6 Å². The van der Waals surface area contributed by atoms with Crippen molar-refractivity contribution in [2.45, 2.75) is 17.5 Å². The van der Waals surface area contributed by atoms with Gasteiger partial charge >= 0.3 is 0 Å². The predicted molar refractivity (Wildman–Crippen MR) is 68.1 cm³/mol. The fourth-order valence-electron chi connectivity index (χ4n) is 1.94. The third kappa shape index (κ3) is 1.81. The highest BCUT2D eigenvalue weighted by atomic mass is 79.9. The van der Waals surface area contributed by atoms with Crippen LogP contribution in [0.2, 0.25) is 0 Å². The van der Waals surface area contributed by atoms with Crippen LogP contribution >= 0.6 is 27.7 Å². The maximum atomic E-state index is 5.42. The largest absolute Gasteiger partial charge is 0.454 e. The summed E-state index contributed by atoms with van der Waals surface area (Å²) in [7, 11) is 0. The standard InChI is InChI=1S/C11H12BrNO2S/c1-6-4-13-11(16-6)7-2-8(12)10-9(3-7)14-5-15-10/h2-3,6,11,13H,4-5H2,1H3. The van der Waals surface area contributed by atoms with E-state index in [1.165, 1.54) is 5.56 Å². The van der Waals surface area contributed by atoms with Gasteiger partial charge in [0.2, 0.25) is 6.79 Å². The van der Waals surface area contributed by atoms with Gasteiger partial charge in [0.15, 0.2) is 11.5 Å². The molecule has 1 saturated heterocycles. The van der Waals surface area contributed by atoms with E-state index in [2.05, 4.69) is 40.3 Å². The Balaban J connectivity index is 1.94. The molecule has 3 nitrogen and oxygen atoms in total. The number of thioether (sulfide) groups is 1. The molecule has 86 valence electrons. The molecule has 0 radical (unpaired) electrons. The number of ether oxygens (including phenoxy) is 2. The number of hydrogen-bond acceptors (Lipinski definition) is 4. The molecule has 0 amide bonds. The molecule has 2 atom stereocenters. The lowest BCUT2D eigenvalue weighted by molar-refractivity contribution is 0.173. The molecular formula is C11H12BrNO2S. The van der Waals surface area contributed by atoms with Gasteiger partial charge in [0.25, 0.3) is 0 Å². The Morgan fingerprint density at radius 2 is 2.31 bits per heavy atom. The first kappa shape index (κ1) is 10.7. The van der Waals surface area contributed by atoms with Crippen molar-refractivity contribution in [2.24, 2.45) is 0 Å². The average molecular weight is 302 g/mol. The van der Waals surface area contributed by atoms with E-state index in [9.17, 15) is 0 Å². The van der Waals surface area contributed by atoms with Gasteiger partial charge in [-0.2, -0.15) is 0 Å². The Morgan fingerprint density at radius 1 is 1.44 bits per heavy atom. The topological polar surface area (TPSA) is 30.5 Å². The van der Waals surface area contributed by atoms with E-state index in [1.54, 1.807) is 0 Å². The Kier molecular flexibility index (Phi) is 2.77. The second kappa shape index (κ2) is 4.13. The molecule has 1 aromatic carbocycles. The molecule has 0 saturated carbocycles. The van der Waals surface area contributed by atoms with Crippen molar-refractivity contribution >= 4 is 27.7 Å². The molecular weight excluding hydrogens is 290 g/mol. The molecule has 0 bridgehead atoms. The van der Waals surface area contributed by atoms with Crippen molar-refractivity contribution in [2.75, 3.05) is 13.3 Å². The third-order valence-electron chi connectivity index (χ3n) is 2.71. The second-order valence-corrected chi connectivity index (χ2v) is 6.37. The molecule has 16 heavy (non-hydrogen) atoms. The first-order chi connectivity index (χ1) is 7.74. The minimum Gasteiger partial charge on any atom is -0.454 e. The van der Waals surface area contributed by atoms with Crippen LogP contribution < -0.4 is 14.8 Å². The quantitative estimate of drug-likeness (QED) is 0.864.